The monoisotopic (exact) mass is 168 g/mol. The minimum absolute atomic E-state index is 0.151. The van der Waals surface area contributed by atoms with Gasteiger partial charge in [0.25, 0.3) is 0 Å². The number of hydrogen-bond donors (Lipinski definition) is 2. The summed E-state index contributed by atoms with van der Waals surface area (Å²) in [5, 5.41) is 2.54. The van der Waals surface area contributed by atoms with Gasteiger partial charge in [-0.05, 0) is 6.42 Å². The molecule has 0 aromatic rings. The summed E-state index contributed by atoms with van der Waals surface area (Å²) in [7, 11) is 0. The van der Waals surface area contributed by atoms with Crippen LogP contribution >= 0.6 is 0 Å². The molecule has 0 spiro atoms. The molecule has 0 aliphatic heterocycles. The second-order valence-corrected chi connectivity index (χ2v) is 2.67. The van der Waals surface area contributed by atoms with Crippen LogP contribution in [-0.4, -0.2) is 18.5 Å². The molecule has 0 aliphatic carbocycles. The van der Waals surface area contributed by atoms with Crippen molar-refractivity contribution in [3.63, 3.8) is 0 Å². The van der Waals surface area contributed by atoms with Gasteiger partial charge in [0.15, 0.2) is 0 Å². The number of hydrogen-bond acceptors (Lipinski definition) is 2. The Balaban J connectivity index is 3.55. The van der Waals surface area contributed by atoms with Crippen LogP contribution in [0.4, 0.5) is 0 Å². The lowest BCUT2D eigenvalue weighted by Crippen LogP contribution is -2.40. The van der Waals surface area contributed by atoms with E-state index in [0.717, 1.165) is 19.3 Å². The van der Waals surface area contributed by atoms with Crippen molar-refractivity contribution in [2.75, 3.05) is 6.54 Å². The van der Waals surface area contributed by atoms with E-state index >= 15 is 0 Å². The van der Waals surface area contributed by atoms with Crippen LogP contribution in [0, 0.1) is 12.3 Å². The molecule has 0 aliphatic rings. The number of rotatable bonds is 5. The molecule has 0 radical (unpaired) electrons. The topological polar surface area (TPSA) is 55.1 Å². The van der Waals surface area contributed by atoms with Crippen molar-refractivity contribution in [3.05, 3.63) is 0 Å². The van der Waals surface area contributed by atoms with Gasteiger partial charge in [0.2, 0.25) is 5.91 Å². The van der Waals surface area contributed by atoms with Gasteiger partial charge >= 0.3 is 0 Å². The lowest BCUT2D eigenvalue weighted by molar-refractivity contribution is -0.122. The first kappa shape index (κ1) is 11.0. The maximum absolute atomic E-state index is 11.1. The van der Waals surface area contributed by atoms with Crippen LogP contribution in [0.25, 0.3) is 0 Å². The molecule has 12 heavy (non-hydrogen) atoms. The zero-order valence-corrected chi connectivity index (χ0v) is 7.47. The van der Waals surface area contributed by atoms with Crippen LogP contribution < -0.4 is 11.1 Å². The molecule has 0 aromatic heterocycles. The molecular weight excluding hydrogens is 152 g/mol. The van der Waals surface area contributed by atoms with Gasteiger partial charge in [0.05, 0.1) is 12.6 Å². The number of amides is 1. The molecule has 0 heterocycles. The average molecular weight is 168 g/mol. The summed E-state index contributed by atoms with van der Waals surface area (Å²) in [5.41, 5.74) is 5.56. The van der Waals surface area contributed by atoms with E-state index in [1.54, 1.807) is 0 Å². The molecular formula is C9H16N2O. The van der Waals surface area contributed by atoms with Crippen LogP contribution in [0.5, 0.6) is 0 Å². The molecule has 3 nitrogen and oxygen atoms in total. The van der Waals surface area contributed by atoms with E-state index in [1.165, 1.54) is 0 Å². The Morgan fingerprint density at radius 3 is 2.92 bits per heavy atom. The van der Waals surface area contributed by atoms with Crippen molar-refractivity contribution in [1.29, 1.82) is 0 Å². The standard InChI is InChI=1S/C9H16N2O/c1-3-5-6-8(10)9(12)11-7-4-2/h2,8H,3,5-7,10H2,1H3,(H,11,12). The Morgan fingerprint density at radius 1 is 1.75 bits per heavy atom. The number of unbranched alkanes of at least 4 members (excludes halogenated alkanes) is 1. The fourth-order valence-corrected chi connectivity index (χ4v) is 0.824. The van der Waals surface area contributed by atoms with Crippen LogP contribution in [0.15, 0.2) is 0 Å². The summed E-state index contributed by atoms with van der Waals surface area (Å²) in [6.45, 7) is 2.32. The maximum atomic E-state index is 11.1. The fourth-order valence-electron chi connectivity index (χ4n) is 0.824. The van der Waals surface area contributed by atoms with E-state index in [9.17, 15) is 4.79 Å². The molecule has 1 atom stereocenters. The zero-order chi connectivity index (χ0) is 9.40. The predicted molar refractivity (Wildman–Crippen MR) is 49.3 cm³/mol. The molecule has 3 heteroatoms. The summed E-state index contributed by atoms with van der Waals surface area (Å²) in [6, 6.07) is -0.404. The van der Waals surface area contributed by atoms with E-state index in [0.29, 0.717) is 0 Å². The quantitative estimate of drug-likeness (QED) is 0.578. The lowest BCUT2D eigenvalue weighted by atomic mass is 10.1. The first-order valence-corrected chi connectivity index (χ1v) is 4.19. The van der Waals surface area contributed by atoms with E-state index in [4.69, 9.17) is 12.2 Å². The number of nitrogens with one attached hydrogen (secondary N) is 1. The van der Waals surface area contributed by atoms with Crippen molar-refractivity contribution in [1.82, 2.24) is 5.32 Å². The Hall–Kier alpha value is -1.01. The Morgan fingerprint density at radius 2 is 2.42 bits per heavy atom. The zero-order valence-electron chi connectivity index (χ0n) is 7.47. The number of terminal acetylenes is 1. The summed E-state index contributed by atoms with van der Waals surface area (Å²) < 4.78 is 0. The summed E-state index contributed by atoms with van der Waals surface area (Å²) >= 11 is 0. The molecule has 0 rings (SSSR count). The largest absolute Gasteiger partial charge is 0.344 e. The molecule has 3 N–H and O–H groups in total. The molecule has 0 bridgehead atoms. The van der Waals surface area contributed by atoms with Crippen LogP contribution in [0.2, 0.25) is 0 Å². The third kappa shape index (κ3) is 4.75. The van der Waals surface area contributed by atoms with E-state index in [-0.39, 0.29) is 12.5 Å². The highest BCUT2D eigenvalue weighted by Crippen LogP contribution is 1.97. The lowest BCUT2D eigenvalue weighted by Gasteiger charge is -2.09. The number of carbonyl (C=O) groups is 1. The molecule has 68 valence electrons. The highest BCUT2D eigenvalue weighted by molar-refractivity contribution is 5.81. The van der Waals surface area contributed by atoms with Crippen molar-refractivity contribution in [3.8, 4) is 12.3 Å². The summed E-state index contributed by atoms with van der Waals surface area (Å²) in [4.78, 5) is 11.1. The van der Waals surface area contributed by atoms with Crippen LogP contribution in [0.1, 0.15) is 26.2 Å². The summed E-state index contributed by atoms with van der Waals surface area (Å²) in [6.07, 6.45) is 7.73. The third-order valence-corrected chi connectivity index (χ3v) is 1.57. The van der Waals surface area contributed by atoms with Gasteiger partial charge < -0.3 is 11.1 Å². The van der Waals surface area contributed by atoms with Crippen molar-refractivity contribution in [2.45, 2.75) is 32.2 Å². The van der Waals surface area contributed by atoms with Gasteiger partial charge in [0, 0.05) is 0 Å². The smallest absolute Gasteiger partial charge is 0.237 e. The maximum Gasteiger partial charge on any atom is 0.237 e. The van der Waals surface area contributed by atoms with Gasteiger partial charge in [-0.25, -0.2) is 0 Å². The molecule has 0 saturated heterocycles. The normalized spacial score (nSPS) is 11.8. The molecule has 0 saturated carbocycles. The van der Waals surface area contributed by atoms with Gasteiger partial charge in [-0.15, -0.1) is 6.42 Å². The predicted octanol–water partition coefficient (Wildman–Crippen LogP) is 0.253. The highest BCUT2D eigenvalue weighted by Gasteiger charge is 2.10. The van der Waals surface area contributed by atoms with Crippen molar-refractivity contribution in [2.24, 2.45) is 5.73 Å². The first-order valence-electron chi connectivity index (χ1n) is 4.19. The van der Waals surface area contributed by atoms with E-state index < -0.39 is 6.04 Å². The highest BCUT2D eigenvalue weighted by atomic mass is 16.2. The fraction of sp³-hybridized carbons (Fsp3) is 0.667. The van der Waals surface area contributed by atoms with Gasteiger partial charge in [0.1, 0.15) is 0 Å². The molecule has 0 fully saturated rings. The first-order chi connectivity index (χ1) is 5.72. The van der Waals surface area contributed by atoms with Crippen molar-refractivity contribution >= 4 is 5.91 Å². The Kier molecular flexibility index (Phi) is 6.12. The van der Waals surface area contributed by atoms with Crippen LogP contribution in [0.3, 0.4) is 0 Å². The molecule has 1 amide bonds. The molecule has 1 unspecified atom stereocenters. The third-order valence-electron chi connectivity index (χ3n) is 1.57. The number of carbonyl (C=O) groups excluding carboxylic acids is 1. The minimum Gasteiger partial charge on any atom is -0.344 e. The summed E-state index contributed by atoms with van der Waals surface area (Å²) in [5.74, 6) is 2.17. The van der Waals surface area contributed by atoms with E-state index in [2.05, 4.69) is 18.2 Å². The average Bonchev–Trinajstić information content (AvgIpc) is 2.10. The van der Waals surface area contributed by atoms with Crippen molar-refractivity contribution < 1.29 is 4.79 Å². The Bertz CT molecular complexity index is 172. The second kappa shape index (κ2) is 6.68. The minimum atomic E-state index is -0.404. The van der Waals surface area contributed by atoms with Gasteiger partial charge in [-0.1, -0.05) is 25.7 Å². The molecule has 0 aromatic carbocycles. The van der Waals surface area contributed by atoms with Crippen LogP contribution in [-0.2, 0) is 4.79 Å². The van der Waals surface area contributed by atoms with Gasteiger partial charge in [-0.3, -0.25) is 4.79 Å². The second-order valence-electron chi connectivity index (χ2n) is 2.67. The van der Waals surface area contributed by atoms with Gasteiger partial charge in [-0.2, -0.15) is 0 Å². The Labute approximate surface area is 73.7 Å². The SMILES string of the molecule is C#CCNC(=O)C(N)CCCC. The van der Waals surface area contributed by atoms with E-state index in [1.807, 2.05) is 0 Å². The number of nitrogens with two attached hydrogens (primary N) is 1.